The highest BCUT2D eigenvalue weighted by Crippen LogP contribution is 2.28. The summed E-state index contributed by atoms with van der Waals surface area (Å²) >= 11 is 0. The number of hydrogen-bond donors (Lipinski definition) is 0. The molecule has 2 unspecified atom stereocenters. The van der Waals surface area contributed by atoms with Gasteiger partial charge in [0.05, 0.1) is 17.1 Å². The summed E-state index contributed by atoms with van der Waals surface area (Å²) in [6.45, 7) is 13.3. The lowest BCUT2D eigenvalue weighted by atomic mass is 9.92. The van der Waals surface area contributed by atoms with E-state index in [1.165, 1.54) is 5.56 Å². The molecule has 5 heteroatoms. The van der Waals surface area contributed by atoms with Crippen molar-refractivity contribution in [1.29, 1.82) is 0 Å². The third-order valence-corrected chi connectivity index (χ3v) is 6.22. The first-order valence-electron chi connectivity index (χ1n) is 8.89. The Morgan fingerprint density at radius 1 is 1.12 bits per heavy atom. The maximum atomic E-state index is 13.1. The fraction of sp³-hybridized carbons (Fsp3) is 0.684. The van der Waals surface area contributed by atoms with E-state index < -0.39 is 10.0 Å². The summed E-state index contributed by atoms with van der Waals surface area (Å²) in [4.78, 5) is 0.406. The van der Waals surface area contributed by atoms with E-state index in [9.17, 15) is 8.42 Å². The Hall–Kier alpha value is -0.910. The minimum Gasteiger partial charge on any atom is -0.373 e. The van der Waals surface area contributed by atoms with Crippen LogP contribution in [0.4, 0.5) is 0 Å². The zero-order chi connectivity index (χ0) is 18.1. The summed E-state index contributed by atoms with van der Waals surface area (Å²) in [6.07, 6.45) is 0.745. The zero-order valence-corrected chi connectivity index (χ0v) is 16.6. The van der Waals surface area contributed by atoms with Crippen LogP contribution in [0.15, 0.2) is 23.1 Å². The van der Waals surface area contributed by atoms with Crippen molar-refractivity contribution in [3.05, 3.63) is 29.3 Å². The average molecular weight is 354 g/mol. The molecule has 2 rings (SSSR count). The Kier molecular flexibility index (Phi) is 6.10. The van der Waals surface area contributed by atoms with Gasteiger partial charge in [0, 0.05) is 13.1 Å². The van der Waals surface area contributed by atoms with Crippen LogP contribution in [0.5, 0.6) is 0 Å². The zero-order valence-electron chi connectivity index (χ0n) is 15.7. The van der Waals surface area contributed by atoms with E-state index in [4.69, 9.17) is 4.74 Å². The van der Waals surface area contributed by atoms with Crippen molar-refractivity contribution in [3.8, 4) is 0 Å². The lowest BCUT2D eigenvalue weighted by molar-refractivity contribution is -0.0440. The summed E-state index contributed by atoms with van der Waals surface area (Å²) < 4.78 is 33.4. The van der Waals surface area contributed by atoms with Crippen molar-refractivity contribution in [2.45, 2.75) is 71.0 Å². The van der Waals surface area contributed by atoms with Crippen LogP contribution in [0.2, 0.25) is 0 Å². The van der Waals surface area contributed by atoms with Gasteiger partial charge < -0.3 is 4.74 Å². The Bertz CT molecular complexity index is 657. The molecule has 1 aliphatic heterocycles. The van der Waals surface area contributed by atoms with E-state index in [0.717, 1.165) is 12.0 Å². The summed E-state index contributed by atoms with van der Waals surface area (Å²) in [5.41, 5.74) is 2.39. The Labute approximate surface area is 147 Å². The Morgan fingerprint density at radius 3 is 2.21 bits per heavy atom. The first-order chi connectivity index (χ1) is 11.1. The van der Waals surface area contributed by atoms with Crippen molar-refractivity contribution in [3.63, 3.8) is 0 Å². The van der Waals surface area contributed by atoms with Gasteiger partial charge in [-0.2, -0.15) is 4.31 Å². The lowest BCUT2D eigenvalue weighted by Crippen LogP contribution is -2.48. The van der Waals surface area contributed by atoms with Gasteiger partial charge in [-0.3, -0.25) is 0 Å². The van der Waals surface area contributed by atoms with Crippen LogP contribution in [0, 0.1) is 5.92 Å². The topological polar surface area (TPSA) is 46.6 Å². The largest absolute Gasteiger partial charge is 0.373 e. The quantitative estimate of drug-likeness (QED) is 0.809. The molecule has 0 spiro atoms. The number of sulfonamides is 1. The van der Waals surface area contributed by atoms with E-state index in [-0.39, 0.29) is 12.2 Å². The standard InChI is InChI=1S/C19H31NO3S/c1-13(2)9-17-10-18(7-8-19(17)14(3)4)24(21,22)20-11-15(5)23-16(6)12-20/h7-8,10,13-16H,9,11-12H2,1-6H3. The first kappa shape index (κ1) is 19.4. The summed E-state index contributed by atoms with van der Waals surface area (Å²) in [6, 6.07) is 5.64. The van der Waals surface area contributed by atoms with E-state index in [1.807, 2.05) is 26.0 Å². The van der Waals surface area contributed by atoms with Crippen molar-refractivity contribution < 1.29 is 13.2 Å². The van der Waals surface area contributed by atoms with Gasteiger partial charge in [0.1, 0.15) is 0 Å². The van der Waals surface area contributed by atoms with Crippen LogP contribution >= 0.6 is 0 Å². The molecule has 0 saturated carbocycles. The number of nitrogens with zero attached hydrogens (tertiary/aromatic N) is 1. The molecule has 1 saturated heterocycles. The molecule has 1 aromatic rings. The van der Waals surface area contributed by atoms with Crippen molar-refractivity contribution in [1.82, 2.24) is 4.31 Å². The van der Waals surface area contributed by atoms with E-state index >= 15 is 0 Å². The van der Waals surface area contributed by atoms with Gasteiger partial charge in [0.15, 0.2) is 0 Å². The molecule has 4 nitrogen and oxygen atoms in total. The number of hydrogen-bond acceptors (Lipinski definition) is 3. The molecule has 1 aliphatic rings. The van der Waals surface area contributed by atoms with Crippen LogP contribution in [0.1, 0.15) is 58.6 Å². The molecular weight excluding hydrogens is 322 g/mol. The number of benzene rings is 1. The van der Waals surface area contributed by atoms with Crippen molar-refractivity contribution >= 4 is 10.0 Å². The summed E-state index contributed by atoms with van der Waals surface area (Å²) in [7, 11) is -3.48. The lowest BCUT2D eigenvalue weighted by Gasteiger charge is -2.34. The molecule has 0 bridgehead atoms. The molecule has 0 N–H and O–H groups in total. The number of morpholine rings is 1. The smallest absolute Gasteiger partial charge is 0.243 e. The third-order valence-electron chi connectivity index (χ3n) is 4.39. The highest BCUT2D eigenvalue weighted by Gasteiger charge is 2.32. The molecule has 24 heavy (non-hydrogen) atoms. The van der Waals surface area contributed by atoms with Crippen LogP contribution < -0.4 is 0 Å². The minimum atomic E-state index is -3.48. The molecule has 0 aromatic heterocycles. The predicted molar refractivity (Wildman–Crippen MR) is 97.8 cm³/mol. The SMILES string of the molecule is CC(C)Cc1cc(S(=O)(=O)N2CC(C)OC(C)C2)ccc1C(C)C. The van der Waals surface area contributed by atoms with E-state index in [0.29, 0.717) is 29.8 Å². The van der Waals surface area contributed by atoms with Gasteiger partial charge in [0.25, 0.3) is 0 Å². The third kappa shape index (κ3) is 4.38. The molecule has 1 heterocycles. The Morgan fingerprint density at radius 2 is 1.71 bits per heavy atom. The summed E-state index contributed by atoms with van der Waals surface area (Å²) in [5, 5.41) is 0. The van der Waals surface area contributed by atoms with Gasteiger partial charge in [-0.05, 0) is 55.4 Å². The Balaban J connectivity index is 2.39. The second kappa shape index (κ2) is 7.54. The van der Waals surface area contributed by atoms with E-state index in [1.54, 1.807) is 10.4 Å². The maximum absolute atomic E-state index is 13.1. The maximum Gasteiger partial charge on any atom is 0.243 e. The molecule has 1 aromatic carbocycles. The van der Waals surface area contributed by atoms with Crippen LogP contribution in [0.25, 0.3) is 0 Å². The predicted octanol–water partition coefficient (Wildman–Crippen LogP) is 3.81. The first-order valence-corrected chi connectivity index (χ1v) is 10.3. The molecule has 0 radical (unpaired) electrons. The number of ether oxygens (including phenoxy) is 1. The van der Waals surface area contributed by atoms with Gasteiger partial charge >= 0.3 is 0 Å². The molecule has 0 amide bonds. The second-order valence-electron chi connectivity index (χ2n) is 7.69. The molecular formula is C19H31NO3S. The normalized spacial score (nSPS) is 23.2. The van der Waals surface area contributed by atoms with Crippen LogP contribution in [0.3, 0.4) is 0 Å². The number of rotatable bonds is 5. The fourth-order valence-corrected chi connectivity index (χ4v) is 5.04. The fourth-order valence-electron chi connectivity index (χ4n) is 3.40. The highest BCUT2D eigenvalue weighted by atomic mass is 32.2. The second-order valence-corrected chi connectivity index (χ2v) is 9.63. The van der Waals surface area contributed by atoms with Gasteiger partial charge in [-0.1, -0.05) is 33.8 Å². The van der Waals surface area contributed by atoms with Crippen LogP contribution in [-0.2, 0) is 21.2 Å². The summed E-state index contributed by atoms with van der Waals surface area (Å²) in [5.74, 6) is 0.878. The molecule has 1 fully saturated rings. The monoisotopic (exact) mass is 353 g/mol. The van der Waals surface area contributed by atoms with Gasteiger partial charge in [0.2, 0.25) is 10.0 Å². The molecule has 136 valence electrons. The van der Waals surface area contributed by atoms with E-state index in [2.05, 4.69) is 27.7 Å². The molecule has 0 aliphatic carbocycles. The van der Waals surface area contributed by atoms with Crippen molar-refractivity contribution in [2.75, 3.05) is 13.1 Å². The molecule has 2 atom stereocenters. The average Bonchev–Trinajstić information content (AvgIpc) is 2.45. The van der Waals surface area contributed by atoms with Crippen molar-refractivity contribution in [2.24, 2.45) is 5.92 Å². The minimum absolute atomic E-state index is 0.0754. The van der Waals surface area contributed by atoms with Crippen LogP contribution in [-0.4, -0.2) is 38.0 Å². The van der Waals surface area contributed by atoms with Gasteiger partial charge in [-0.25, -0.2) is 8.42 Å². The highest BCUT2D eigenvalue weighted by molar-refractivity contribution is 7.89. The van der Waals surface area contributed by atoms with Gasteiger partial charge in [-0.15, -0.1) is 0 Å².